The van der Waals surface area contributed by atoms with Gasteiger partial charge >= 0.3 is 0 Å². The Balaban J connectivity index is 2.45. The van der Waals surface area contributed by atoms with Crippen LogP contribution in [0.2, 0.25) is 0 Å². The lowest BCUT2D eigenvalue weighted by Crippen LogP contribution is -2.45. The second-order valence-corrected chi connectivity index (χ2v) is 5.08. The maximum atomic E-state index is 11.7. The molecule has 0 spiro atoms. The Morgan fingerprint density at radius 3 is 2.35 bits per heavy atom. The van der Waals surface area contributed by atoms with Crippen LogP contribution in [-0.2, 0) is 4.79 Å². The molecule has 0 aliphatic rings. The average Bonchev–Trinajstić information content (AvgIpc) is 2.43. The summed E-state index contributed by atoms with van der Waals surface area (Å²) >= 11 is 0. The molecule has 2 unspecified atom stereocenters. The molecular formula is C15H24N2O3. The zero-order valence-corrected chi connectivity index (χ0v) is 12.5. The smallest absolute Gasteiger partial charge is 0.237 e. The summed E-state index contributed by atoms with van der Waals surface area (Å²) in [5, 5.41) is 15.9. The number of ether oxygens (including phenoxy) is 1. The molecule has 5 nitrogen and oxygen atoms in total. The van der Waals surface area contributed by atoms with Crippen LogP contribution in [0.3, 0.4) is 0 Å². The van der Waals surface area contributed by atoms with Crippen molar-refractivity contribution in [2.24, 2.45) is 0 Å². The molecule has 2 atom stereocenters. The van der Waals surface area contributed by atoms with Crippen LogP contribution in [-0.4, -0.2) is 36.8 Å². The lowest BCUT2D eigenvalue weighted by molar-refractivity contribution is -0.123. The highest BCUT2D eigenvalue weighted by atomic mass is 16.5. The highest BCUT2D eigenvalue weighted by molar-refractivity contribution is 5.81. The van der Waals surface area contributed by atoms with Crippen molar-refractivity contribution >= 4 is 5.91 Å². The third kappa shape index (κ3) is 5.19. The van der Waals surface area contributed by atoms with E-state index in [1.54, 1.807) is 26.2 Å². The van der Waals surface area contributed by atoms with E-state index in [0.717, 1.165) is 11.3 Å². The number of aliphatic hydroxyl groups is 1. The summed E-state index contributed by atoms with van der Waals surface area (Å²) in [6, 6.07) is 6.98. The maximum absolute atomic E-state index is 11.7. The molecule has 1 rings (SSSR count). The summed E-state index contributed by atoms with van der Waals surface area (Å²) in [6.07, 6.45) is -0.657. The van der Waals surface area contributed by atoms with Crippen LogP contribution >= 0.6 is 0 Å². The van der Waals surface area contributed by atoms with E-state index in [-0.39, 0.29) is 18.0 Å². The molecule has 3 N–H and O–H groups in total. The molecule has 20 heavy (non-hydrogen) atoms. The fourth-order valence-corrected chi connectivity index (χ4v) is 1.73. The second kappa shape index (κ2) is 7.87. The van der Waals surface area contributed by atoms with Gasteiger partial charge in [-0.2, -0.15) is 0 Å². The number of aliphatic hydroxyl groups excluding tert-OH is 1. The number of benzene rings is 1. The highest BCUT2D eigenvalue weighted by Gasteiger charge is 2.15. The molecule has 1 aromatic rings. The molecule has 0 radical (unpaired) electrons. The summed E-state index contributed by atoms with van der Waals surface area (Å²) in [4.78, 5) is 11.7. The third-order valence-electron chi connectivity index (χ3n) is 2.94. The first-order valence-electron chi connectivity index (χ1n) is 6.79. The molecule has 5 heteroatoms. The number of hydrogen-bond acceptors (Lipinski definition) is 4. The van der Waals surface area contributed by atoms with E-state index < -0.39 is 6.10 Å². The first-order valence-corrected chi connectivity index (χ1v) is 6.79. The fourth-order valence-electron chi connectivity index (χ4n) is 1.73. The van der Waals surface area contributed by atoms with Crippen molar-refractivity contribution in [3.63, 3.8) is 0 Å². The van der Waals surface area contributed by atoms with E-state index in [2.05, 4.69) is 10.6 Å². The first-order chi connectivity index (χ1) is 9.43. The molecule has 0 bridgehead atoms. The molecule has 1 aromatic carbocycles. The van der Waals surface area contributed by atoms with E-state index >= 15 is 0 Å². The van der Waals surface area contributed by atoms with Crippen molar-refractivity contribution in [1.29, 1.82) is 0 Å². The van der Waals surface area contributed by atoms with Gasteiger partial charge in [0.05, 0.1) is 19.3 Å². The Morgan fingerprint density at radius 1 is 1.25 bits per heavy atom. The van der Waals surface area contributed by atoms with E-state index in [0.29, 0.717) is 6.54 Å². The van der Waals surface area contributed by atoms with Crippen molar-refractivity contribution in [3.05, 3.63) is 29.8 Å². The number of rotatable bonds is 7. The summed E-state index contributed by atoms with van der Waals surface area (Å²) < 4.78 is 5.07. The summed E-state index contributed by atoms with van der Waals surface area (Å²) in [7, 11) is 1.60. The van der Waals surface area contributed by atoms with E-state index in [9.17, 15) is 9.90 Å². The van der Waals surface area contributed by atoms with Gasteiger partial charge < -0.3 is 20.5 Å². The average molecular weight is 280 g/mol. The molecular weight excluding hydrogens is 256 g/mol. The summed E-state index contributed by atoms with van der Waals surface area (Å²) in [6.45, 7) is 5.92. The Morgan fingerprint density at radius 2 is 1.85 bits per heavy atom. The number of nitrogens with one attached hydrogen (secondary N) is 2. The minimum atomic E-state index is -0.657. The summed E-state index contributed by atoms with van der Waals surface area (Å²) in [5.41, 5.74) is 0.787. The normalized spacial score (nSPS) is 13.9. The molecule has 0 saturated carbocycles. The third-order valence-corrected chi connectivity index (χ3v) is 2.94. The number of methoxy groups -OCH3 is 1. The van der Waals surface area contributed by atoms with Gasteiger partial charge in [-0.25, -0.2) is 0 Å². The Bertz CT molecular complexity index is 418. The standard InChI is InChI=1S/C15H24N2O3/c1-10(2)17-15(19)11(3)16-9-14(18)12-5-7-13(20-4)8-6-12/h5-8,10-11,14,16,18H,9H2,1-4H3,(H,17,19). The van der Waals surface area contributed by atoms with Crippen molar-refractivity contribution < 1.29 is 14.6 Å². The van der Waals surface area contributed by atoms with Crippen molar-refractivity contribution in [2.45, 2.75) is 39.0 Å². The molecule has 0 aromatic heterocycles. The SMILES string of the molecule is COc1ccc(C(O)CNC(C)C(=O)NC(C)C)cc1. The molecule has 0 fully saturated rings. The van der Waals surface area contributed by atoms with Gasteiger partial charge in [0.1, 0.15) is 5.75 Å². The number of hydrogen-bond donors (Lipinski definition) is 3. The zero-order valence-electron chi connectivity index (χ0n) is 12.5. The molecule has 0 aliphatic carbocycles. The van der Waals surface area contributed by atoms with Gasteiger partial charge in [0.25, 0.3) is 0 Å². The quantitative estimate of drug-likeness (QED) is 0.702. The van der Waals surface area contributed by atoms with Crippen LogP contribution in [0.25, 0.3) is 0 Å². The van der Waals surface area contributed by atoms with Gasteiger partial charge in [0.15, 0.2) is 0 Å². The Hall–Kier alpha value is -1.59. The first kappa shape index (κ1) is 16.5. The van der Waals surface area contributed by atoms with Crippen LogP contribution in [0.15, 0.2) is 24.3 Å². The van der Waals surface area contributed by atoms with Gasteiger partial charge in [-0.05, 0) is 38.5 Å². The van der Waals surface area contributed by atoms with Crippen LogP contribution < -0.4 is 15.4 Å². The predicted octanol–water partition coefficient (Wildman–Crippen LogP) is 1.23. The lowest BCUT2D eigenvalue weighted by Gasteiger charge is -2.18. The minimum Gasteiger partial charge on any atom is -0.497 e. The van der Waals surface area contributed by atoms with Crippen molar-refractivity contribution in [3.8, 4) is 5.75 Å². The monoisotopic (exact) mass is 280 g/mol. The molecule has 0 aliphatic heterocycles. The Labute approximate surface area is 120 Å². The van der Waals surface area contributed by atoms with Crippen molar-refractivity contribution in [2.75, 3.05) is 13.7 Å². The summed E-state index contributed by atoms with van der Waals surface area (Å²) in [5.74, 6) is 0.681. The molecule has 0 heterocycles. The largest absolute Gasteiger partial charge is 0.497 e. The second-order valence-electron chi connectivity index (χ2n) is 5.08. The van der Waals surface area contributed by atoms with Gasteiger partial charge in [-0.15, -0.1) is 0 Å². The molecule has 0 saturated heterocycles. The number of carbonyl (C=O) groups is 1. The minimum absolute atomic E-state index is 0.0677. The van der Waals surface area contributed by atoms with Crippen LogP contribution in [0, 0.1) is 0 Å². The zero-order chi connectivity index (χ0) is 15.1. The van der Waals surface area contributed by atoms with Crippen LogP contribution in [0.1, 0.15) is 32.4 Å². The number of amides is 1. The molecule has 1 amide bonds. The van der Waals surface area contributed by atoms with Gasteiger partial charge in [-0.3, -0.25) is 4.79 Å². The predicted molar refractivity (Wildman–Crippen MR) is 78.7 cm³/mol. The van der Waals surface area contributed by atoms with Gasteiger partial charge in [0, 0.05) is 12.6 Å². The lowest BCUT2D eigenvalue weighted by atomic mass is 10.1. The van der Waals surface area contributed by atoms with Gasteiger partial charge in [0.2, 0.25) is 5.91 Å². The number of carbonyl (C=O) groups excluding carboxylic acids is 1. The molecule has 112 valence electrons. The van der Waals surface area contributed by atoms with E-state index in [1.807, 2.05) is 26.0 Å². The highest BCUT2D eigenvalue weighted by Crippen LogP contribution is 2.17. The fraction of sp³-hybridized carbons (Fsp3) is 0.533. The van der Waals surface area contributed by atoms with Gasteiger partial charge in [-0.1, -0.05) is 12.1 Å². The van der Waals surface area contributed by atoms with Crippen LogP contribution in [0.4, 0.5) is 0 Å². The van der Waals surface area contributed by atoms with Crippen molar-refractivity contribution in [1.82, 2.24) is 10.6 Å². The topological polar surface area (TPSA) is 70.6 Å². The Kier molecular flexibility index (Phi) is 6.48. The van der Waals surface area contributed by atoms with E-state index in [4.69, 9.17) is 4.74 Å². The maximum Gasteiger partial charge on any atom is 0.237 e. The van der Waals surface area contributed by atoms with Crippen LogP contribution in [0.5, 0.6) is 5.75 Å². The van der Waals surface area contributed by atoms with E-state index in [1.165, 1.54) is 0 Å².